The molecule has 0 unspecified atom stereocenters. The second kappa shape index (κ2) is 7.39. The van der Waals surface area contributed by atoms with E-state index in [1.807, 2.05) is 36.4 Å². The first-order valence-electron chi connectivity index (χ1n) is 8.36. The first-order valence-corrected chi connectivity index (χ1v) is 9.15. The molecule has 0 saturated carbocycles. The van der Waals surface area contributed by atoms with Crippen molar-refractivity contribution >= 4 is 44.2 Å². The molecule has 1 aliphatic heterocycles. The van der Waals surface area contributed by atoms with Crippen molar-refractivity contribution in [3.63, 3.8) is 0 Å². The lowest BCUT2D eigenvalue weighted by atomic mass is 10.1. The number of benzene rings is 2. The number of anilines is 2. The van der Waals surface area contributed by atoms with Crippen LogP contribution < -0.4 is 10.2 Å². The Morgan fingerprint density at radius 3 is 2.73 bits per heavy atom. The van der Waals surface area contributed by atoms with Gasteiger partial charge in [0.25, 0.3) is 5.91 Å². The zero-order valence-corrected chi connectivity index (χ0v) is 15.6. The molecule has 7 heteroatoms. The number of fused-ring (bicyclic) bond motifs is 1. The van der Waals surface area contributed by atoms with Crippen molar-refractivity contribution in [3.05, 3.63) is 58.8 Å². The molecule has 6 nitrogen and oxygen atoms in total. The molecule has 0 spiro atoms. The third kappa shape index (κ3) is 3.40. The minimum Gasteiger partial charge on any atom is -0.378 e. The van der Waals surface area contributed by atoms with Crippen molar-refractivity contribution in [2.24, 2.45) is 0 Å². The number of aromatic nitrogens is 2. The SMILES string of the molecule is O=C(Nc1ccc2c(N3CCOCC3)ncnc2c1)c1ccccc1Br. The van der Waals surface area contributed by atoms with Gasteiger partial charge in [-0.05, 0) is 46.3 Å². The molecule has 0 radical (unpaired) electrons. The van der Waals surface area contributed by atoms with Crippen LogP contribution in [0.15, 0.2) is 53.3 Å². The summed E-state index contributed by atoms with van der Waals surface area (Å²) in [6.07, 6.45) is 1.56. The Kier molecular flexibility index (Phi) is 4.81. The molecule has 1 aromatic heterocycles. The monoisotopic (exact) mass is 412 g/mol. The van der Waals surface area contributed by atoms with Gasteiger partial charge in [0.15, 0.2) is 0 Å². The number of ether oxygens (including phenoxy) is 1. The topological polar surface area (TPSA) is 67.4 Å². The Balaban J connectivity index is 1.62. The van der Waals surface area contributed by atoms with Crippen LogP contribution in [0.25, 0.3) is 10.9 Å². The summed E-state index contributed by atoms with van der Waals surface area (Å²) in [5, 5.41) is 3.89. The largest absolute Gasteiger partial charge is 0.378 e. The molecule has 2 heterocycles. The number of hydrogen-bond acceptors (Lipinski definition) is 5. The minimum atomic E-state index is -0.167. The van der Waals surface area contributed by atoms with Crippen molar-refractivity contribution in [2.45, 2.75) is 0 Å². The summed E-state index contributed by atoms with van der Waals surface area (Å²) in [6, 6.07) is 13.0. The summed E-state index contributed by atoms with van der Waals surface area (Å²) in [5.74, 6) is 0.737. The first-order chi connectivity index (χ1) is 12.7. The first kappa shape index (κ1) is 16.9. The number of nitrogens with one attached hydrogen (secondary N) is 1. The lowest BCUT2D eigenvalue weighted by Crippen LogP contribution is -2.36. The van der Waals surface area contributed by atoms with Crippen LogP contribution in [0.4, 0.5) is 11.5 Å². The Labute approximate surface area is 159 Å². The molecular formula is C19H17BrN4O2. The minimum absolute atomic E-state index is 0.167. The molecular weight excluding hydrogens is 396 g/mol. The van der Waals surface area contributed by atoms with Gasteiger partial charge < -0.3 is 15.0 Å². The Hall–Kier alpha value is -2.51. The highest BCUT2D eigenvalue weighted by Gasteiger charge is 2.16. The van der Waals surface area contributed by atoms with Crippen LogP contribution in [0.5, 0.6) is 0 Å². The van der Waals surface area contributed by atoms with Gasteiger partial charge in [0, 0.05) is 28.6 Å². The van der Waals surface area contributed by atoms with Crippen LogP contribution in [-0.4, -0.2) is 42.2 Å². The summed E-state index contributed by atoms with van der Waals surface area (Å²) < 4.78 is 6.17. The molecule has 2 aromatic carbocycles. The standard InChI is InChI=1S/C19H17BrN4O2/c20-16-4-2-1-3-14(16)19(25)23-13-5-6-15-17(11-13)21-12-22-18(15)24-7-9-26-10-8-24/h1-6,11-12H,7-10H2,(H,23,25). The van der Waals surface area contributed by atoms with Gasteiger partial charge in [-0.2, -0.15) is 0 Å². The highest BCUT2D eigenvalue weighted by atomic mass is 79.9. The van der Waals surface area contributed by atoms with E-state index in [2.05, 4.69) is 36.1 Å². The number of hydrogen-bond donors (Lipinski definition) is 1. The van der Waals surface area contributed by atoms with Gasteiger partial charge in [0.1, 0.15) is 12.1 Å². The molecule has 1 amide bonds. The second-order valence-electron chi connectivity index (χ2n) is 5.96. The van der Waals surface area contributed by atoms with E-state index < -0.39 is 0 Å². The third-order valence-corrected chi connectivity index (χ3v) is 4.99. The molecule has 1 aliphatic rings. The average molecular weight is 413 g/mol. The number of carbonyl (C=O) groups excluding carboxylic acids is 1. The molecule has 26 heavy (non-hydrogen) atoms. The van der Waals surface area contributed by atoms with E-state index in [1.54, 1.807) is 12.4 Å². The molecule has 1 N–H and O–H groups in total. The maximum absolute atomic E-state index is 12.5. The van der Waals surface area contributed by atoms with Crippen molar-refractivity contribution in [1.82, 2.24) is 9.97 Å². The lowest BCUT2D eigenvalue weighted by Gasteiger charge is -2.28. The predicted molar refractivity (Wildman–Crippen MR) is 105 cm³/mol. The Morgan fingerprint density at radius 2 is 1.92 bits per heavy atom. The fraction of sp³-hybridized carbons (Fsp3) is 0.211. The van der Waals surface area contributed by atoms with Crippen LogP contribution in [0.1, 0.15) is 10.4 Å². The van der Waals surface area contributed by atoms with E-state index in [1.165, 1.54) is 0 Å². The zero-order chi connectivity index (χ0) is 17.9. The van der Waals surface area contributed by atoms with E-state index in [-0.39, 0.29) is 5.91 Å². The van der Waals surface area contributed by atoms with Crippen molar-refractivity contribution < 1.29 is 9.53 Å². The normalized spacial score (nSPS) is 14.4. The highest BCUT2D eigenvalue weighted by Crippen LogP contribution is 2.26. The van der Waals surface area contributed by atoms with Crippen molar-refractivity contribution in [2.75, 3.05) is 36.5 Å². The van der Waals surface area contributed by atoms with E-state index in [9.17, 15) is 4.79 Å². The van der Waals surface area contributed by atoms with Gasteiger partial charge in [-0.3, -0.25) is 4.79 Å². The van der Waals surface area contributed by atoms with Crippen molar-refractivity contribution in [1.29, 1.82) is 0 Å². The second-order valence-corrected chi connectivity index (χ2v) is 6.82. The van der Waals surface area contributed by atoms with Gasteiger partial charge in [0.05, 0.1) is 24.3 Å². The molecule has 0 atom stereocenters. The Morgan fingerprint density at radius 1 is 1.12 bits per heavy atom. The van der Waals surface area contributed by atoms with Crippen LogP contribution in [0, 0.1) is 0 Å². The fourth-order valence-electron chi connectivity index (χ4n) is 2.99. The van der Waals surface area contributed by atoms with Gasteiger partial charge in [-0.1, -0.05) is 12.1 Å². The van der Waals surface area contributed by atoms with Gasteiger partial charge in [-0.25, -0.2) is 9.97 Å². The quantitative estimate of drug-likeness (QED) is 0.712. The Bertz CT molecular complexity index is 957. The van der Waals surface area contributed by atoms with E-state index in [4.69, 9.17) is 4.74 Å². The van der Waals surface area contributed by atoms with Crippen molar-refractivity contribution in [3.8, 4) is 0 Å². The smallest absolute Gasteiger partial charge is 0.256 e. The van der Waals surface area contributed by atoms with Gasteiger partial charge in [0.2, 0.25) is 0 Å². The summed E-state index contributed by atoms with van der Waals surface area (Å²) in [7, 11) is 0. The number of halogens is 1. The zero-order valence-electron chi connectivity index (χ0n) is 14.0. The number of rotatable bonds is 3. The predicted octanol–water partition coefficient (Wildman–Crippen LogP) is 3.48. The maximum atomic E-state index is 12.5. The molecule has 0 aliphatic carbocycles. The molecule has 0 bridgehead atoms. The molecule has 132 valence electrons. The van der Waals surface area contributed by atoms with E-state index in [0.29, 0.717) is 24.5 Å². The number of nitrogens with zero attached hydrogens (tertiary/aromatic N) is 3. The van der Waals surface area contributed by atoms with Gasteiger partial charge >= 0.3 is 0 Å². The third-order valence-electron chi connectivity index (χ3n) is 4.30. The maximum Gasteiger partial charge on any atom is 0.256 e. The molecule has 3 aromatic rings. The summed E-state index contributed by atoms with van der Waals surface area (Å²) in [6.45, 7) is 3.02. The van der Waals surface area contributed by atoms with Crippen LogP contribution in [0.2, 0.25) is 0 Å². The molecule has 4 rings (SSSR count). The molecule has 1 saturated heterocycles. The van der Waals surface area contributed by atoms with Crippen LogP contribution in [-0.2, 0) is 4.74 Å². The highest BCUT2D eigenvalue weighted by molar-refractivity contribution is 9.10. The number of amides is 1. The summed E-state index contributed by atoms with van der Waals surface area (Å²) >= 11 is 3.41. The van der Waals surface area contributed by atoms with E-state index in [0.717, 1.165) is 34.3 Å². The fourth-order valence-corrected chi connectivity index (χ4v) is 3.46. The average Bonchev–Trinajstić information content (AvgIpc) is 2.68. The number of morpholine rings is 1. The van der Waals surface area contributed by atoms with Gasteiger partial charge in [-0.15, -0.1) is 0 Å². The molecule has 1 fully saturated rings. The summed E-state index contributed by atoms with van der Waals surface area (Å²) in [5.41, 5.74) is 2.08. The lowest BCUT2D eigenvalue weighted by molar-refractivity contribution is 0.102. The summed E-state index contributed by atoms with van der Waals surface area (Å²) in [4.78, 5) is 23.5. The number of carbonyl (C=O) groups is 1. The van der Waals surface area contributed by atoms with Crippen LogP contribution in [0.3, 0.4) is 0 Å². The van der Waals surface area contributed by atoms with Crippen LogP contribution >= 0.6 is 15.9 Å². The van der Waals surface area contributed by atoms with E-state index >= 15 is 0 Å².